The Kier molecular flexibility index (Phi) is 5.56. The van der Waals surface area contributed by atoms with Crippen LogP contribution >= 0.6 is 0 Å². The Morgan fingerprint density at radius 1 is 1.38 bits per heavy atom. The quantitative estimate of drug-likeness (QED) is 0.646. The number of hydrogen-bond donors (Lipinski definition) is 1. The van der Waals surface area contributed by atoms with Gasteiger partial charge in [-0.05, 0) is 50.8 Å². The number of nitrogens with one attached hydrogen (secondary N) is 1. The molecule has 116 valence electrons. The molecule has 1 aliphatic heterocycles. The molecule has 0 radical (unpaired) electrons. The highest BCUT2D eigenvalue weighted by Crippen LogP contribution is 2.33. The molecule has 0 spiro atoms. The summed E-state index contributed by atoms with van der Waals surface area (Å²) in [7, 11) is 0. The molecule has 5 nitrogen and oxygen atoms in total. The Morgan fingerprint density at radius 3 is 2.71 bits per heavy atom. The number of hydrogen-bond acceptors (Lipinski definition) is 4. The van der Waals surface area contributed by atoms with Gasteiger partial charge in [0.15, 0.2) is 0 Å². The van der Waals surface area contributed by atoms with Crippen LogP contribution in [-0.2, 0) is 0 Å². The van der Waals surface area contributed by atoms with Crippen molar-refractivity contribution >= 4 is 11.4 Å². The summed E-state index contributed by atoms with van der Waals surface area (Å²) in [5.74, 6) is 0.622. The lowest BCUT2D eigenvalue weighted by Gasteiger charge is -2.32. The number of anilines is 1. The molecule has 0 aromatic heterocycles. The van der Waals surface area contributed by atoms with Crippen molar-refractivity contribution in [2.75, 3.05) is 31.1 Å². The second-order valence-corrected chi connectivity index (χ2v) is 5.84. The average molecular weight is 291 g/mol. The number of rotatable bonds is 6. The molecule has 21 heavy (non-hydrogen) atoms. The molecule has 1 aliphatic rings. The molecule has 1 saturated heterocycles. The normalized spacial score (nSPS) is 15.9. The molecule has 5 heteroatoms. The van der Waals surface area contributed by atoms with Crippen LogP contribution in [0, 0.1) is 23.0 Å². The van der Waals surface area contributed by atoms with E-state index in [1.54, 1.807) is 12.1 Å². The summed E-state index contributed by atoms with van der Waals surface area (Å²) < 4.78 is 0. The number of nitro benzene ring substituents is 1. The lowest BCUT2D eigenvalue weighted by atomic mass is 9.96. The number of nitro groups is 1. The second-order valence-electron chi connectivity index (χ2n) is 5.84. The summed E-state index contributed by atoms with van der Waals surface area (Å²) >= 11 is 0. The third-order valence-electron chi connectivity index (χ3n) is 4.16. The first-order chi connectivity index (χ1) is 10.1. The highest BCUT2D eigenvalue weighted by molar-refractivity contribution is 5.67. The minimum absolute atomic E-state index is 0.234. The lowest BCUT2D eigenvalue weighted by Crippen LogP contribution is -2.37. The van der Waals surface area contributed by atoms with Crippen LogP contribution in [0.15, 0.2) is 18.2 Å². The van der Waals surface area contributed by atoms with Gasteiger partial charge in [0.25, 0.3) is 5.69 Å². The zero-order valence-corrected chi connectivity index (χ0v) is 13.0. The third kappa shape index (κ3) is 3.94. The zero-order chi connectivity index (χ0) is 15.2. The van der Waals surface area contributed by atoms with Crippen LogP contribution in [0.4, 0.5) is 11.4 Å². The van der Waals surface area contributed by atoms with Crippen molar-refractivity contribution in [3.63, 3.8) is 0 Å². The number of nitrogens with zero attached hydrogens (tertiary/aromatic N) is 2. The van der Waals surface area contributed by atoms with Crippen LogP contribution in [0.25, 0.3) is 0 Å². The maximum Gasteiger partial charge on any atom is 0.292 e. The fraction of sp³-hybridized carbons (Fsp3) is 0.625. The highest BCUT2D eigenvalue weighted by atomic mass is 16.6. The molecule has 1 heterocycles. The predicted molar refractivity (Wildman–Crippen MR) is 85.9 cm³/mol. The summed E-state index contributed by atoms with van der Waals surface area (Å²) in [6.45, 7) is 7.99. The van der Waals surface area contributed by atoms with E-state index < -0.39 is 0 Å². The Labute approximate surface area is 126 Å². The molecule has 0 saturated carbocycles. The fourth-order valence-corrected chi connectivity index (χ4v) is 3.14. The van der Waals surface area contributed by atoms with Gasteiger partial charge in [0.05, 0.1) is 4.92 Å². The van der Waals surface area contributed by atoms with E-state index in [0.29, 0.717) is 5.92 Å². The first kappa shape index (κ1) is 15.8. The molecule has 2 rings (SSSR count). The lowest BCUT2D eigenvalue weighted by molar-refractivity contribution is -0.384. The SMILES string of the molecule is CCCN(CC1CCNCC1)c1c(C)cccc1[N+](=O)[O-]. The topological polar surface area (TPSA) is 58.4 Å². The van der Waals surface area contributed by atoms with Gasteiger partial charge in [-0.15, -0.1) is 0 Å². The van der Waals surface area contributed by atoms with E-state index in [1.807, 2.05) is 13.0 Å². The van der Waals surface area contributed by atoms with Gasteiger partial charge in [0.1, 0.15) is 5.69 Å². The van der Waals surface area contributed by atoms with Gasteiger partial charge in [0, 0.05) is 19.2 Å². The molecule has 0 aliphatic carbocycles. The molecule has 0 unspecified atom stereocenters. The second kappa shape index (κ2) is 7.41. The van der Waals surface area contributed by atoms with E-state index in [2.05, 4.69) is 17.1 Å². The monoisotopic (exact) mass is 291 g/mol. The predicted octanol–water partition coefficient (Wildman–Crippen LogP) is 3.12. The maximum absolute atomic E-state index is 11.3. The van der Waals surface area contributed by atoms with Gasteiger partial charge in [0.2, 0.25) is 0 Å². The fourth-order valence-electron chi connectivity index (χ4n) is 3.14. The van der Waals surface area contributed by atoms with Gasteiger partial charge in [-0.2, -0.15) is 0 Å². The number of benzene rings is 1. The van der Waals surface area contributed by atoms with Crippen LogP contribution in [0.2, 0.25) is 0 Å². The molecular formula is C16H25N3O2. The van der Waals surface area contributed by atoms with Gasteiger partial charge in [-0.3, -0.25) is 10.1 Å². The first-order valence-corrected chi connectivity index (χ1v) is 7.83. The van der Waals surface area contributed by atoms with E-state index in [4.69, 9.17) is 0 Å². The van der Waals surface area contributed by atoms with E-state index in [9.17, 15) is 10.1 Å². The maximum atomic E-state index is 11.3. The van der Waals surface area contributed by atoms with E-state index >= 15 is 0 Å². The number of aryl methyl sites for hydroxylation is 1. The van der Waals surface area contributed by atoms with Crippen LogP contribution in [0.5, 0.6) is 0 Å². The van der Waals surface area contributed by atoms with Crippen molar-refractivity contribution in [1.82, 2.24) is 5.32 Å². The van der Waals surface area contributed by atoms with Crippen molar-refractivity contribution < 1.29 is 4.92 Å². The van der Waals surface area contributed by atoms with Crippen molar-refractivity contribution in [2.45, 2.75) is 33.1 Å². The smallest absolute Gasteiger partial charge is 0.292 e. The highest BCUT2D eigenvalue weighted by Gasteiger charge is 2.24. The third-order valence-corrected chi connectivity index (χ3v) is 4.16. The molecule has 1 fully saturated rings. The van der Waals surface area contributed by atoms with E-state index in [0.717, 1.165) is 56.7 Å². The van der Waals surface area contributed by atoms with E-state index in [-0.39, 0.29) is 10.6 Å². The molecule has 0 bridgehead atoms. The van der Waals surface area contributed by atoms with Gasteiger partial charge >= 0.3 is 0 Å². The first-order valence-electron chi connectivity index (χ1n) is 7.83. The largest absolute Gasteiger partial charge is 0.366 e. The summed E-state index contributed by atoms with van der Waals surface area (Å²) in [6, 6.07) is 5.35. The summed E-state index contributed by atoms with van der Waals surface area (Å²) in [5.41, 5.74) is 2.03. The molecular weight excluding hydrogens is 266 g/mol. The Morgan fingerprint density at radius 2 is 2.10 bits per heavy atom. The minimum atomic E-state index is -0.257. The summed E-state index contributed by atoms with van der Waals surface area (Å²) in [4.78, 5) is 13.3. The molecule has 1 aromatic rings. The summed E-state index contributed by atoms with van der Waals surface area (Å²) in [6.07, 6.45) is 3.30. The van der Waals surface area contributed by atoms with Crippen LogP contribution in [0.3, 0.4) is 0 Å². The van der Waals surface area contributed by atoms with Gasteiger partial charge < -0.3 is 10.2 Å². The zero-order valence-electron chi connectivity index (χ0n) is 13.0. The van der Waals surface area contributed by atoms with Crippen molar-refractivity contribution in [1.29, 1.82) is 0 Å². The molecule has 0 amide bonds. The van der Waals surface area contributed by atoms with Crippen molar-refractivity contribution in [2.24, 2.45) is 5.92 Å². The number of piperidine rings is 1. The Hall–Kier alpha value is -1.62. The molecule has 1 aromatic carbocycles. The molecule has 0 atom stereocenters. The Bertz CT molecular complexity index is 484. The van der Waals surface area contributed by atoms with E-state index in [1.165, 1.54) is 0 Å². The van der Waals surface area contributed by atoms with Gasteiger partial charge in [-0.25, -0.2) is 0 Å². The Balaban J connectivity index is 2.26. The van der Waals surface area contributed by atoms with Crippen molar-refractivity contribution in [3.8, 4) is 0 Å². The minimum Gasteiger partial charge on any atom is -0.366 e. The molecule has 1 N–H and O–H groups in total. The van der Waals surface area contributed by atoms with Crippen LogP contribution in [-0.4, -0.2) is 31.1 Å². The average Bonchev–Trinajstić information content (AvgIpc) is 2.47. The van der Waals surface area contributed by atoms with Crippen LogP contribution in [0.1, 0.15) is 31.7 Å². The van der Waals surface area contributed by atoms with Gasteiger partial charge in [-0.1, -0.05) is 19.1 Å². The van der Waals surface area contributed by atoms with Crippen LogP contribution < -0.4 is 10.2 Å². The number of para-hydroxylation sites is 1. The standard InChI is InChI=1S/C16H25N3O2/c1-3-11-18(12-14-7-9-17-10-8-14)16-13(2)5-4-6-15(16)19(20)21/h4-6,14,17H,3,7-12H2,1-2H3. The van der Waals surface area contributed by atoms with Crippen molar-refractivity contribution in [3.05, 3.63) is 33.9 Å². The summed E-state index contributed by atoms with van der Waals surface area (Å²) in [5, 5.41) is 14.7.